The Morgan fingerprint density at radius 1 is 0.969 bits per heavy atom. The number of aromatic nitrogens is 2. The zero-order chi connectivity index (χ0) is 22.5. The predicted molar refractivity (Wildman–Crippen MR) is 120 cm³/mol. The molecule has 0 atom stereocenters. The highest BCUT2D eigenvalue weighted by Crippen LogP contribution is 2.31. The Kier molecular flexibility index (Phi) is 6.17. The minimum absolute atomic E-state index is 0.134. The van der Waals surface area contributed by atoms with Gasteiger partial charge in [0, 0.05) is 17.1 Å². The summed E-state index contributed by atoms with van der Waals surface area (Å²) in [6.07, 6.45) is 3.17. The Morgan fingerprint density at radius 2 is 1.62 bits per heavy atom. The van der Waals surface area contributed by atoms with Gasteiger partial charge in [0.05, 0.1) is 18.9 Å². The minimum atomic E-state index is -0.756. The van der Waals surface area contributed by atoms with Crippen molar-refractivity contribution in [3.63, 3.8) is 0 Å². The number of carbonyl (C=O) groups is 2. The zero-order valence-electron chi connectivity index (χ0n) is 17.8. The van der Waals surface area contributed by atoms with Crippen molar-refractivity contribution in [3.8, 4) is 17.1 Å². The Bertz CT molecular complexity index is 1230. The zero-order valence-corrected chi connectivity index (χ0v) is 17.8. The molecule has 4 aromatic rings. The number of furan rings is 1. The second-order valence-electron chi connectivity index (χ2n) is 6.86. The number of rotatable bonds is 7. The number of esters is 2. The number of para-hydroxylation sites is 2. The molecule has 0 spiro atoms. The molecule has 0 aliphatic heterocycles. The quantitative estimate of drug-likeness (QED) is 0.181. The first-order valence-electron chi connectivity index (χ1n) is 10.3. The Labute approximate surface area is 184 Å². The van der Waals surface area contributed by atoms with E-state index in [4.69, 9.17) is 13.9 Å². The summed E-state index contributed by atoms with van der Waals surface area (Å²) in [6, 6.07) is 19.0. The van der Waals surface area contributed by atoms with E-state index < -0.39 is 11.9 Å². The lowest BCUT2D eigenvalue weighted by molar-refractivity contribution is -0.146. The molecule has 0 N–H and O–H groups in total. The monoisotopic (exact) mass is 430 g/mol. The summed E-state index contributed by atoms with van der Waals surface area (Å²) in [5, 5.41) is 5.60. The molecule has 162 valence electrons. The largest absolute Gasteiger partial charge is 0.462 e. The molecular weight excluding hydrogens is 408 g/mol. The van der Waals surface area contributed by atoms with Gasteiger partial charge in [0.15, 0.2) is 5.76 Å². The summed E-state index contributed by atoms with van der Waals surface area (Å²) in [5.74, 6) is -0.998. The standard InChI is InChI=1S/C25H22N2O5/c1-3-30-24(28)20(25(29)31-4-2)14-18-16-27(19-11-6-5-7-12-19)26-23(18)22-15-17-10-8-9-13-21(17)32-22/h5-16H,3-4H2,1-2H3. The molecule has 0 saturated carbocycles. The van der Waals surface area contributed by atoms with Crippen molar-refractivity contribution in [1.82, 2.24) is 9.78 Å². The van der Waals surface area contributed by atoms with Crippen molar-refractivity contribution in [3.05, 3.63) is 78.0 Å². The van der Waals surface area contributed by atoms with Gasteiger partial charge in [-0.25, -0.2) is 14.3 Å². The number of fused-ring (bicyclic) bond motifs is 1. The minimum Gasteiger partial charge on any atom is -0.462 e. The van der Waals surface area contributed by atoms with Gasteiger partial charge in [0.25, 0.3) is 0 Å². The SMILES string of the molecule is CCOC(=O)C(=Cc1cn(-c2ccccc2)nc1-c1cc2ccccc2o1)C(=O)OCC. The average Bonchev–Trinajstić information content (AvgIpc) is 3.42. The highest BCUT2D eigenvalue weighted by molar-refractivity contribution is 6.18. The van der Waals surface area contributed by atoms with Gasteiger partial charge in [-0.1, -0.05) is 36.4 Å². The first-order valence-corrected chi connectivity index (χ1v) is 10.3. The average molecular weight is 430 g/mol. The smallest absolute Gasteiger partial charge is 0.345 e. The number of hydrogen-bond acceptors (Lipinski definition) is 6. The van der Waals surface area contributed by atoms with E-state index in [1.807, 2.05) is 60.7 Å². The fourth-order valence-electron chi connectivity index (χ4n) is 3.27. The number of nitrogens with zero attached hydrogens (tertiary/aromatic N) is 2. The maximum Gasteiger partial charge on any atom is 0.345 e. The highest BCUT2D eigenvalue weighted by Gasteiger charge is 2.24. The number of carbonyl (C=O) groups excluding carboxylic acids is 2. The van der Waals surface area contributed by atoms with Gasteiger partial charge in [0.2, 0.25) is 0 Å². The first kappa shape index (κ1) is 21.1. The molecule has 0 unspecified atom stereocenters. The van der Waals surface area contributed by atoms with Crippen molar-refractivity contribution < 1.29 is 23.5 Å². The van der Waals surface area contributed by atoms with E-state index in [0.29, 0.717) is 22.6 Å². The van der Waals surface area contributed by atoms with Crippen molar-refractivity contribution in [2.24, 2.45) is 0 Å². The van der Waals surface area contributed by atoms with Gasteiger partial charge in [-0.15, -0.1) is 0 Å². The maximum absolute atomic E-state index is 12.5. The third kappa shape index (κ3) is 4.32. The maximum atomic E-state index is 12.5. The lowest BCUT2D eigenvalue weighted by Crippen LogP contribution is -2.18. The van der Waals surface area contributed by atoms with Gasteiger partial charge < -0.3 is 13.9 Å². The predicted octanol–water partition coefficient (Wildman–Crippen LogP) is 4.80. The highest BCUT2D eigenvalue weighted by atomic mass is 16.6. The van der Waals surface area contributed by atoms with Crippen molar-refractivity contribution >= 4 is 29.0 Å². The lowest BCUT2D eigenvalue weighted by Gasteiger charge is -2.06. The van der Waals surface area contributed by atoms with E-state index in [2.05, 4.69) is 5.10 Å². The molecule has 0 saturated heterocycles. The van der Waals surface area contributed by atoms with Gasteiger partial charge in [0.1, 0.15) is 16.9 Å². The fourth-order valence-corrected chi connectivity index (χ4v) is 3.27. The van der Waals surface area contributed by atoms with Crippen molar-refractivity contribution in [2.75, 3.05) is 13.2 Å². The van der Waals surface area contributed by atoms with Crippen LogP contribution in [0.3, 0.4) is 0 Å². The normalized spacial score (nSPS) is 10.7. The molecule has 0 bridgehead atoms. The Hall–Kier alpha value is -4.13. The van der Waals surface area contributed by atoms with E-state index >= 15 is 0 Å². The fraction of sp³-hybridized carbons (Fsp3) is 0.160. The molecule has 2 aromatic carbocycles. The molecule has 4 rings (SSSR count). The summed E-state index contributed by atoms with van der Waals surface area (Å²) in [6.45, 7) is 3.62. The Morgan fingerprint density at radius 3 is 2.28 bits per heavy atom. The van der Waals surface area contributed by atoms with Gasteiger partial charge in [-0.05, 0) is 44.2 Å². The van der Waals surface area contributed by atoms with Gasteiger partial charge >= 0.3 is 11.9 Å². The summed E-state index contributed by atoms with van der Waals surface area (Å²) in [4.78, 5) is 25.0. The van der Waals surface area contributed by atoms with Crippen LogP contribution in [0.5, 0.6) is 0 Å². The van der Waals surface area contributed by atoms with E-state index in [1.54, 1.807) is 24.7 Å². The van der Waals surface area contributed by atoms with Crippen molar-refractivity contribution in [2.45, 2.75) is 13.8 Å². The number of ether oxygens (including phenoxy) is 2. The first-order chi connectivity index (χ1) is 15.6. The molecule has 7 heteroatoms. The number of hydrogen-bond donors (Lipinski definition) is 0. The van der Waals surface area contributed by atoms with Crippen LogP contribution in [0.2, 0.25) is 0 Å². The van der Waals surface area contributed by atoms with Crippen LogP contribution >= 0.6 is 0 Å². The van der Waals surface area contributed by atoms with E-state index in [0.717, 1.165) is 11.1 Å². The van der Waals surface area contributed by atoms with Crippen LogP contribution in [0.4, 0.5) is 0 Å². The third-order valence-electron chi connectivity index (χ3n) is 4.71. The molecule has 0 fully saturated rings. The molecule has 32 heavy (non-hydrogen) atoms. The number of benzene rings is 2. The van der Waals surface area contributed by atoms with Crippen LogP contribution in [-0.2, 0) is 19.1 Å². The molecule has 0 amide bonds. The van der Waals surface area contributed by atoms with Gasteiger partial charge in [-0.3, -0.25) is 0 Å². The summed E-state index contributed by atoms with van der Waals surface area (Å²) >= 11 is 0. The van der Waals surface area contributed by atoms with Crippen LogP contribution in [0.25, 0.3) is 34.2 Å². The summed E-state index contributed by atoms with van der Waals surface area (Å²) in [5.41, 5.74) is 2.32. The van der Waals surface area contributed by atoms with Crippen LogP contribution < -0.4 is 0 Å². The molecule has 0 radical (unpaired) electrons. The second kappa shape index (κ2) is 9.34. The van der Waals surface area contributed by atoms with Crippen LogP contribution in [0, 0.1) is 0 Å². The van der Waals surface area contributed by atoms with E-state index in [9.17, 15) is 9.59 Å². The molecule has 7 nitrogen and oxygen atoms in total. The topological polar surface area (TPSA) is 83.6 Å². The molecule has 2 heterocycles. The lowest BCUT2D eigenvalue weighted by atomic mass is 10.1. The van der Waals surface area contributed by atoms with Crippen LogP contribution in [0.15, 0.2) is 76.9 Å². The van der Waals surface area contributed by atoms with Crippen LogP contribution in [0.1, 0.15) is 19.4 Å². The van der Waals surface area contributed by atoms with Crippen LogP contribution in [-0.4, -0.2) is 34.9 Å². The molecular formula is C25H22N2O5. The molecule has 2 aromatic heterocycles. The third-order valence-corrected chi connectivity index (χ3v) is 4.71. The van der Waals surface area contributed by atoms with E-state index in [1.165, 1.54) is 6.08 Å². The summed E-state index contributed by atoms with van der Waals surface area (Å²) < 4.78 is 17.8. The van der Waals surface area contributed by atoms with E-state index in [-0.39, 0.29) is 18.8 Å². The second-order valence-corrected chi connectivity index (χ2v) is 6.86. The summed E-state index contributed by atoms with van der Waals surface area (Å²) in [7, 11) is 0. The molecule has 0 aliphatic carbocycles. The molecule has 0 aliphatic rings. The van der Waals surface area contributed by atoms with Gasteiger partial charge in [-0.2, -0.15) is 5.10 Å². The Balaban J connectivity index is 1.88. The van der Waals surface area contributed by atoms with Crippen molar-refractivity contribution in [1.29, 1.82) is 0 Å².